The van der Waals surface area contributed by atoms with Gasteiger partial charge in [0.15, 0.2) is 0 Å². The number of hydrogen-bond donors (Lipinski definition) is 1. The van der Waals surface area contributed by atoms with Crippen LogP contribution in [0.2, 0.25) is 0 Å². The molecule has 0 unspecified atom stereocenters. The highest BCUT2D eigenvalue weighted by Gasteiger charge is 2.23. The topological polar surface area (TPSA) is 54.5 Å². The van der Waals surface area contributed by atoms with Crippen LogP contribution in [0.1, 0.15) is 19.0 Å². The second-order valence-corrected chi connectivity index (χ2v) is 5.76. The zero-order valence-electron chi connectivity index (χ0n) is 13.0. The summed E-state index contributed by atoms with van der Waals surface area (Å²) in [5.74, 6) is 0.845. The molecule has 1 atom stereocenters. The van der Waals surface area contributed by atoms with E-state index in [1.165, 1.54) is 0 Å². The van der Waals surface area contributed by atoms with Crippen LogP contribution in [-0.2, 0) is 11.3 Å². The molecule has 2 aromatic rings. The van der Waals surface area contributed by atoms with Crippen LogP contribution in [0.15, 0.2) is 30.3 Å². The van der Waals surface area contributed by atoms with Gasteiger partial charge in [-0.05, 0) is 18.6 Å². The Morgan fingerprint density at radius 2 is 2.27 bits per heavy atom. The van der Waals surface area contributed by atoms with Gasteiger partial charge < -0.3 is 10.1 Å². The molecule has 1 N–H and O–H groups in total. The van der Waals surface area contributed by atoms with Crippen LogP contribution < -0.4 is 10.1 Å². The zero-order valence-corrected chi connectivity index (χ0v) is 13.0. The van der Waals surface area contributed by atoms with Crippen molar-refractivity contribution in [2.75, 3.05) is 20.2 Å². The number of ether oxygens (including phenoxy) is 1. The molecule has 0 bridgehead atoms. The molecule has 2 heterocycles. The summed E-state index contributed by atoms with van der Waals surface area (Å²) in [6.07, 6.45) is 0.997. The minimum Gasteiger partial charge on any atom is -0.494 e. The van der Waals surface area contributed by atoms with Crippen LogP contribution in [0, 0.1) is 0 Å². The lowest BCUT2D eigenvalue weighted by Gasteiger charge is -2.16. The third kappa shape index (κ3) is 3.20. The monoisotopic (exact) mass is 299 g/mol. The minimum atomic E-state index is 0.0421. The van der Waals surface area contributed by atoms with Crippen LogP contribution in [-0.4, -0.2) is 42.0 Å². The van der Waals surface area contributed by atoms with Crippen LogP contribution in [0.3, 0.4) is 0 Å². The van der Waals surface area contributed by atoms with Crippen molar-refractivity contribution in [2.24, 2.45) is 0 Å². The van der Waals surface area contributed by atoms with Crippen LogP contribution in [0.4, 0.5) is 0 Å². The summed E-state index contributed by atoms with van der Waals surface area (Å²) < 4.78 is 5.39. The number of para-hydroxylation sites is 1. The van der Waals surface area contributed by atoms with Crippen LogP contribution >= 0.6 is 0 Å². The molecule has 1 aromatic carbocycles. The summed E-state index contributed by atoms with van der Waals surface area (Å²) in [6.45, 7) is 4.23. The summed E-state index contributed by atoms with van der Waals surface area (Å²) >= 11 is 0. The van der Waals surface area contributed by atoms with Crippen molar-refractivity contribution in [3.63, 3.8) is 0 Å². The van der Waals surface area contributed by atoms with Gasteiger partial charge in [-0.2, -0.15) is 0 Å². The average molecular weight is 299 g/mol. The van der Waals surface area contributed by atoms with Crippen molar-refractivity contribution >= 4 is 16.8 Å². The first-order valence-corrected chi connectivity index (χ1v) is 7.58. The van der Waals surface area contributed by atoms with E-state index in [1.54, 1.807) is 14.0 Å². The molecular weight excluding hydrogens is 278 g/mol. The fraction of sp³-hybridized carbons (Fsp3) is 0.412. The fourth-order valence-electron chi connectivity index (χ4n) is 3.02. The molecule has 22 heavy (non-hydrogen) atoms. The van der Waals surface area contributed by atoms with Crippen molar-refractivity contribution in [1.82, 2.24) is 15.2 Å². The number of likely N-dealkylation sites (tertiary alicyclic amines) is 1. The number of hydrogen-bond acceptors (Lipinski definition) is 4. The zero-order chi connectivity index (χ0) is 15.5. The number of carbonyl (C=O) groups is 1. The first kappa shape index (κ1) is 14.8. The van der Waals surface area contributed by atoms with E-state index in [1.807, 2.05) is 18.2 Å². The Kier molecular flexibility index (Phi) is 4.24. The standard InChI is InChI=1S/C17H21N3O2/c1-12(21)18-15-8-9-20(11-15)10-14-7-6-13-4-3-5-16(22-2)17(13)19-14/h3-7,15H,8-11H2,1-2H3,(H,18,21)/t15-/m0/s1. The summed E-state index contributed by atoms with van der Waals surface area (Å²) in [6, 6.07) is 10.3. The van der Waals surface area contributed by atoms with E-state index in [2.05, 4.69) is 22.3 Å². The molecule has 1 aliphatic rings. The van der Waals surface area contributed by atoms with Crippen molar-refractivity contribution in [3.05, 3.63) is 36.0 Å². The molecule has 1 saturated heterocycles. The van der Waals surface area contributed by atoms with Crippen LogP contribution in [0.5, 0.6) is 5.75 Å². The number of nitrogens with one attached hydrogen (secondary N) is 1. The van der Waals surface area contributed by atoms with Crippen molar-refractivity contribution in [2.45, 2.75) is 25.9 Å². The minimum absolute atomic E-state index is 0.0421. The molecule has 1 aromatic heterocycles. The van der Waals surface area contributed by atoms with Gasteiger partial charge in [-0.3, -0.25) is 9.69 Å². The van der Waals surface area contributed by atoms with E-state index in [9.17, 15) is 4.79 Å². The number of amides is 1. The predicted molar refractivity (Wildman–Crippen MR) is 85.8 cm³/mol. The van der Waals surface area contributed by atoms with Crippen LogP contribution in [0.25, 0.3) is 10.9 Å². The van der Waals surface area contributed by atoms with Gasteiger partial charge >= 0.3 is 0 Å². The van der Waals surface area contributed by atoms with Crippen molar-refractivity contribution < 1.29 is 9.53 Å². The van der Waals surface area contributed by atoms with E-state index in [0.29, 0.717) is 0 Å². The maximum absolute atomic E-state index is 11.1. The Morgan fingerprint density at radius 3 is 3.05 bits per heavy atom. The smallest absolute Gasteiger partial charge is 0.217 e. The van der Waals surface area contributed by atoms with Gasteiger partial charge in [0, 0.05) is 38.0 Å². The van der Waals surface area contributed by atoms with E-state index >= 15 is 0 Å². The van der Waals surface area contributed by atoms with Gasteiger partial charge in [0.1, 0.15) is 11.3 Å². The predicted octanol–water partition coefficient (Wildman–Crippen LogP) is 1.95. The quantitative estimate of drug-likeness (QED) is 0.937. The van der Waals surface area contributed by atoms with Gasteiger partial charge in [-0.1, -0.05) is 18.2 Å². The number of methoxy groups -OCH3 is 1. The summed E-state index contributed by atoms with van der Waals surface area (Å²) in [5, 5.41) is 4.07. The molecule has 0 spiro atoms. The highest BCUT2D eigenvalue weighted by atomic mass is 16.5. The average Bonchev–Trinajstić information content (AvgIpc) is 2.92. The molecule has 0 aliphatic carbocycles. The number of fused-ring (bicyclic) bond motifs is 1. The van der Waals surface area contributed by atoms with E-state index in [0.717, 1.165) is 48.4 Å². The van der Waals surface area contributed by atoms with Gasteiger partial charge in [-0.25, -0.2) is 4.98 Å². The third-order valence-corrected chi connectivity index (χ3v) is 4.03. The summed E-state index contributed by atoms with van der Waals surface area (Å²) in [5.41, 5.74) is 1.93. The number of carbonyl (C=O) groups excluding carboxylic acids is 1. The number of nitrogens with zero attached hydrogens (tertiary/aromatic N) is 2. The van der Waals surface area contributed by atoms with E-state index < -0.39 is 0 Å². The Balaban J connectivity index is 1.73. The van der Waals surface area contributed by atoms with Gasteiger partial charge in [0.05, 0.1) is 12.8 Å². The third-order valence-electron chi connectivity index (χ3n) is 4.03. The normalized spacial score (nSPS) is 18.5. The number of aromatic nitrogens is 1. The molecule has 5 nitrogen and oxygen atoms in total. The largest absolute Gasteiger partial charge is 0.494 e. The lowest BCUT2D eigenvalue weighted by Crippen LogP contribution is -2.35. The van der Waals surface area contributed by atoms with Gasteiger partial charge in [0.25, 0.3) is 0 Å². The molecule has 0 saturated carbocycles. The highest BCUT2D eigenvalue weighted by molar-refractivity contribution is 5.84. The Bertz CT molecular complexity index is 687. The summed E-state index contributed by atoms with van der Waals surface area (Å²) in [7, 11) is 1.67. The van der Waals surface area contributed by atoms with Crippen molar-refractivity contribution in [3.8, 4) is 5.75 Å². The Labute approximate surface area is 130 Å². The Hall–Kier alpha value is -2.14. The molecular formula is C17H21N3O2. The first-order chi connectivity index (χ1) is 10.7. The van der Waals surface area contributed by atoms with Gasteiger partial charge in [0.2, 0.25) is 5.91 Å². The molecule has 1 fully saturated rings. The van der Waals surface area contributed by atoms with E-state index in [4.69, 9.17) is 9.72 Å². The second kappa shape index (κ2) is 6.32. The SMILES string of the molecule is COc1cccc2ccc(CN3CC[C@H](NC(C)=O)C3)nc12. The number of pyridine rings is 1. The molecule has 1 amide bonds. The van der Waals surface area contributed by atoms with Crippen molar-refractivity contribution in [1.29, 1.82) is 0 Å². The maximum atomic E-state index is 11.1. The number of rotatable bonds is 4. The molecule has 116 valence electrons. The molecule has 1 aliphatic heterocycles. The first-order valence-electron chi connectivity index (χ1n) is 7.58. The fourth-order valence-corrected chi connectivity index (χ4v) is 3.02. The molecule has 3 rings (SSSR count). The highest BCUT2D eigenvalue weighted by Crippen LogP contribution is 2.24. The second-order valence-electron chi connectivity index (χ2n) is 5.76. The van der Waals surface area contributed by atoms with E-state index in [-0.39, 0.29) is 11.9 Å². The lowest BCUT2D eigenvalue weighted by molar-refractivity contribution is -0.119. The molecule has 0 radical (unpaired) electrons. The Morgan fingerprint density at radius 1 is 1.41 bits per heavy atom. The summed E-state index contributed by atoms with van der Waals surface area (Å²) in [4.78, 5) is 18.2. The maximum Gasteiger partial charge on any atom is 0.217 e. The molecule has 5 heteroatoms. The number of benzene rings is 1. The van der Waals surface area contributed by atoms with Gasteiger partial charge in [-0.15, -0.1) is 0 Å². The lowest BCUT2D eigenvalue weighted by atomic mass is 10.2.